The van der Waals surface area contributed by atoms with Gasteiger partial charge < -0.3 is 50.8 Å². The smallest absolute Gasteiger partial charge is 0.455 e. The van der Waals surface area contributed by atoms with Gasteiger partial charge in [0, 0.05) is 30.2 Å². The number of imidazole rings is 1. The van der Waals surface area contributed by atoms with Crippen LogP contribution in [0.3, 0.4) is 0 Å². The van der Waals surface area contributed by atoms with Crippen LogP contribution in [0.5, 0.6) is 0 Å². The van der Waals surface area contributed by atoms with Gasteiger partial charge in [0.05, 0.1) is 19.5 Å². The molecule has 0 radical (unpaired) electrons. The van der Waals surface area contributed by atoms with Crippen LogP contribution in [0, 0.1) is 0 Å². The Bertz CT molecular complexity index is 2220. The summed E-state index contributed by atoms with van der Waals surface area (Å²) in [6.07, 6.45) is -6.39. The molecule has 60 heavy (non-hydrogen) atoms. The van der Waals surface area contributed by atoms with Crippen LogP contribution in [0.4, 0.5) is 11.6 Å². The van der Waals surface area contributed by atoms with Gasteiger partial charge in [-0.3, -0.25) is 32.3 Å². The van der Waals surface area contributed by atoms with E-state index in [4.69, 9.17) is 34.7 Å². The first kappa shape index (κ1) is 46.9. The fourth-order valence-electron chi connectivity index (χ4n) is 6.06. The Balaban J connectivity index is 1.39. The van der Waals surface area contributed by atoms with Crippen LogP contribution in [-0.2, 0) is 51.3 Å². The number of thioether (sulfide) groups is 1. The second-order valence-electron chi connectivity index (χ2n) is 14.4. The Kier molecular flexibility index (Phi) is 15.0. The number of aliphatic hydroxyl groups is 1. The molecule has 3 aromatic rings. The molecule has 25 nitrogen and oxygen atoms in total. The van der Waals surface area contributed by atoms with E-state index in [0.29, 0.717) is 0 Å². The monoisotopic (exact) mass is 905 g/mol. The maximum atomic E-state index is 13.8. The minimum Gasteiger partial charge on any atom is -0.455 e. The first-order valence-corrected chi connectivity index (χ1v) is 21.8. The highest BCUT2D eigenvalue weighted by atomic mass is 32.2. The van der Waals surface area contributed by atoms with Crippen molar-refractivity contribution in [2.75, 3.05) is 24.7 Å². The topological polar surface area (TPSA) is 364 Å². The van der Waals surface area contributed by atoms with Crippen molar-refractivity contribution in [2.24, 2.45) is 0 Å². The number of aromatic nitrogens is 6. The summed E-state index contributed by atoms with van der Waals surface area (Å²) in [5.74, 6) is -1.90. The summed E-state index contributed by atoms with van der Waals surface area (Å²) in [4.78, 5) is 97.3. The number of carbonyl (C=O) groups excluding carboxylic acids is 3. The number of amides is 1. The van der Waals surface area contributed by atoms with Crippen molar-refractivity contribution in [3.8, 4) is 0 Å². The second kappa shape index (κ2) is 19.3. The largest absolute Gasteiger partial charge is 0.472 e. The number of hydrogen-bond donors (Lipinski definition) is 7. The van der Waals surface area contributed by atoms with Gasteiger partial charge in [-0.15, -0.1) is 6.58 Å². The SMILES string of the molecule is C=CCCC(=O)N[C@@H](CC(=O)SC(C)(C)C)C(=O)O[C@H]1[C@@H](O)[C@H](n2cnc3c(N)ncnc32)O[C@@H]1COP(=O)(O)O[C@H]1C[C@H](n2ccc(N)nc2=O)O[C@@H]1COP(=O)(O)O. The molecule has 9 atom stereocenters. The lowest BCUT2D eigenvalue weighted by Crippen LogP contribution is -2.47. The minimum absolute atomic E-state index is 0.0135. The predicted octanol–water partition coefficient (Wildman–Crippen LogP) is 0.216. The number of ether oxygens (including phenoxy) is 3. The number of nitrogens with zero attached hydrogens (tertiary/aromatic N) is 6. The molecule has 0 bridgehead atoms. The van der Waals surface area contributed by atoms with Gasteiger partial charge in [-0.1, -0.05) is 38.6 Å². The molecule has 2 aliphatic heterocycles. The Morgan fingerprint density at radius 2 is 1.82 bits per heavy atom. The molecule has 2 aliphatic rings. The Morgan fingerprint density at radius 3 is 2.48 bits per heavy atom. The summed E-state index contributed by atoms with van der Waals surface area (Å²) < 4.78 is 59.3. The Morgan fingerprint density at radius 1 is 1.10 bits per heavy atom. The maximum absolute atomic E-state index is 13.8. The third kappa shape index (κ3) is 12.5. The number of nitrogens with one attached hydrogen (secondary N) is 1. The van der Waals surface area contributed by atoms with Gasteiger partial charge in [0.25, 0.3) is 0 Å². The van der Waals surface area contributed by atoms with Gasteiger partial charge in [0.2, 0.25) is 5.91 Å². The summed E-state index contributed by atoms with van der Waals surface area (Å²) in [6, 6.07) is -0.277. The van der Waals surface area contributed by atoms with Crippen molar-refractivity contribution in [3.63, 3.8) is 0 Å². The predicted molar refractivity (Wildman–Crippen MR) is 208 cm³/mol. The highest BCUT2D eigenvalue weighted by molar-refractivity contribution is 8.14. The number of phosphoric ester groups is 2. The lowest BCUT2D eigenvalue weighted by Gasteiger charge is -2.26. The van der Waals surface area contributed by atoms with E-state index in [9.17, 15) is 48.1 Å². The summed E-state index contributed by atoms with van der Waals surface area (Å²) in [6.45, 7) is 7.10. The van der Waals surface area contributed by atoms with Gasteiger partial charge in [-0.25, -0.2) is 33.7 Å². The molecule has 5 heterocycles. The summed E-state index contributed by atoms with van der Waals surface area (Å²) in [5.41, 5.74) is 10.8. The normalized spacial score (nSPS) is 24.8. The van der Waals surface area contributed by atoms with E-state index in [1.54, 1.807) is 20.8 Å². The van der Waals surface area contributed by atoms with Gasteiger partial charge in [-0.05, 0) is 12.5 Å². The zero-order chi connectivity index (χ0) is 44.2. The van der Waals surface area contributed by atoms with E-state index in [2.05, 4.69) is 36.4 Å². The number of fused-ring (bicyclic) bond motifs is 1. The maximum Gasteiger partial charge on any atom is 0.472 e. The van der Waals surface area contributed by atoms with Gasteiger partial charge >= 0.3 is 27.3 Å². The number of hydrogen-bond acceptors (Lipinski definition) is 20. The zero-order valence-electron chi connectivity index (χ0n) is 32.3. The summed E-state index contributed by atoms with van der Waals surface area (Å²) in [5, 5.41) is 13.6. The minimum atomic E-state index is -5.25. The molecule has 0 aromatic carbocycles. The lowest BCUT2D eigenvalue weighted by atomic mass is 10.1. The van der Waals surface area contributed by atoms with Gasteiger partial charge in [-0.2, -0.15) is 4.98 Å². The number of nitrogen functional groups attached to an aromatic ring is 2. The van der Waals surface area contributed by atoms with Crippen molar-refractivity contribution in [3.05, 3.63) is 48.1 Å². The number of carbonyl (C=O) groups is 3. The molecule has 28 heteroatoms. The average Bonchev–Trinajstić information content (AvgIpc) is 3.83. The van der Waals surface area contributed by atoms with Gasteiger partial charge in [0.1, 0.15) is 54.3 Å². The summed E-state index contributed by atoms with van der Waals surface area (Å²) >= 11 is 0.926. The molecule has 3 aromatic heterocycles. The lowest BCUT2D eigenvalue weighted by molar-refractivity contribution is -0.160. The van der Waals surface area contributed by atoms with E-state index in [1.807, 2.05) is 0 Å². The third-order valence-electron chi connectivity index (χ3n) is 8.63. The quantitative estimate of drug-likeness (QED) is 0.0510. The molecule has 1 unspecified atom stereocenters. The molecule has 330 valence electrons. The molecule has 0 spiro atoms. The molecule has 9 N–H and O–H groups in total. The van der Waals surface area contributed by atoms with Crippen LogP contribution >= 0.6 is 27.4 Å². The highest BCUT2D eigenvalue weighted by Crippen LogP contribution is 2.50. The number of aliphatic hydroxyl groups excluding tert-OH is 1. The van der Waals surface area contributed by atoms with Crippen molar-refractivity contribution in [1.29, 1.82) is 0 Å². The Labute approximate surface area is 345 Å². The van der Waals surface area contributed by atoms with Crippen LogP contribution in [0.25, 0.3) is 11.2 Å². The fraction of sp³-hybridized carbons (Fsp3) is 0.562. The molecule has 5 rings (SSSR count). The second-order valence-corrected chi connectivity index (χ2v) is 18.9. The standard InChI is InChI=1S/C32H45N9O16P2S/c1-5-6-7-21(42)38-16(10-23(43)60-32(2,3)4)30(45)56-26-19(55-29(25(26)44)41-15-37-24-27(34)35-14-36-28(24)41)13-53-59(50,51)57-17-11-22(40-9-8-20(33)39-31(40)46)54-18(17)12-52-58(47,48)49/h5,8-9,14-19,22,25-26,29,44H,1,6-7,10-13H2,2-4H3,(H,38,42)(H,50,51)(H2,33,39,46)(H2,34,35,36)(H2,47,48,49)/t16-,17-,18+,19+,22+,25+,26+,29+/m0/s1. The highest BCUT2D eigenvalue weighted by Gasteiger charge is 2.50. The first-order valence-electron chi connectivity index (χ1n) is 18.0. The number of nitrogens with two attached hydrogens (primary N) is 2. The number of anilines is 2. The van der Waals surface area contributed by atoms with Crippen LogP contribution in [0.1, 0.15) is 58.9 Å². The van der Waals surface area contributed by atoms with Crippen LogP contribution in [0.2, 0.25) is 0 Å². The van der Waals surface area contributed by atoms with Crippen molar-refractivity contribution in [1.82, 2.24) is 34.4 Å². The average molecular weight is 906 g/mol. The third-order valence-corrected chi connectivity index (χ3v) is 11.1. The molecule has 2 saturated heterocycles. The van der Waals surface area contributed by atoms with E-state index >= 15 is 0 Å². The summed E-state index contributed by atoms with van der Waals surface area (Å²) in [7, 11) is -10.3. The number of phosphoric acid groups is 2. The van der Waals surface area contributed by atoms with E-state index in [-0.39, 0.29) is 42.1 Å². The fourth-order valence-corrected chi connectivity index (χ4v) is 8.30. The number of allylic oxidation sites excluding steroid dienone is 1. The molecule has 1 amide bonds. The first-order chi connectivity index (χ1) is 28.0. The molecular weight excluding hydrogens is 860 g/mol. The van der Waals surface area contributed by atoms with E-state index in [0.717, 1.165) is 22.7 Å². The molecule has 0 saturated carbocycles. The van der Waals surface area contributed by atoms with Crippen LogP contribution in [0.15, 0.2) is 42.4 Å². The zero-order valence-corrected chi connectivity index (χ0v) is 34.9. The van der Waals surface area contributed by atoms with E-state index < -0.39 is 112 Å². The number of rotatable bonds is 18. The van der Waals surface area contributed by atoms with Crippen molar-refractivity contribution >= 4 is 67.2 Å². The Hall–Kier alpha value is -4.17. The van der Waals surface area contributed by atoms with E-state index in [1.165, 1.54) is 29.2 Å². The molecular formula is C32H45N9O16P2S. The molecule has 2 fully saturated rings. The van der Waals surface area contributed by atoms with Crippen LogP contribution in [-0.4, -0.2) is 120 Å². The molecule has 0 aliphatic carbocycles. The van der Waals surface area contributed by atoms with Crippen molar-refractivity contribution in [2.45, 2.75) is 100 Å². The van der Waals surface area contributed by atoms with Crippen molar-refractivity contribution < 1.29 is 71.1 Å². The van der Waals surface area contributed by atoms with Crippen LogP contribution < -0.4 is 22.5 Å². The van der Waals surface area contributed by atoms with Gasteiger partial charge in [0.15, 0.2) is 28.9 Å². The number of esters is 1.